The minimum absolute atomic E-state index is 0.0320. The SMILES string of the molecule is Cc1c(C(=O)c2oc3ccc(F)cc3c2C)c(O)n(CC2CCCO2)c(=O)c1C#N. The average Bonchev–Trinajstić information content (AvgIpc) is 3.34. The number of halogens is 1. The van der Waals surface area contributed by atoms with Crippen LogP contribution in [0.5, 0.6) is 5.88 Å². The molecule has 8 heteroatoms. The molecule has 0 saturated carbocycles. The van der Waals surface area contributed by atoms with E-state index < -0.39 is 23.0 Å². The number of aromatic nitrogens is 1. The van der Waals surface area contributed by atoms with Gasteiger partial charge in [0.05, 0.1) is 18.2 Å². The molecule has 7 nitrogen and oxygen atoms in total. The Morgan fingerprint density at radius 3 is 2.80 bits per heavy atom. The van der Waals surface area contributed by atoms with E-state index in [9.17, 15) is 24.3 Å². The van der Waals surface area contributed by atoms with Crippen molar-refractivity contribution in [3.63, 3.8) is 0 Å². The first kappa shape index (κ1) is 19.9. The standard InChI is InChI=1S/C22H19FN2O5/c1-11-16(9-24)21(27)25(10-14-4-3-7-29-14)22(28)18(11)19(26)20-12(2)15-8-13(23)5-6-17(15)30-20/h5-6,8,14,28H,3-4,7,10H2,1-2H3. The molecule has 1 atom stereocenters. The van der Waals surface area contributed by atoms with Crippen LogP contribution in [0.3, 0.4) is 0 Å². The molecular weight excluding hydrogens is 391 g/mol. The van der Waals surface area contributed by atoms with E-state index in [1.165, 1.54) is 25.1 Å². The third kappa shape index (κ3) is 3.08. The lowest BCUT2D eigenvalue weighted by Gasteiger charge is -2.17. The van der Waals surface area contributed by atoms with E-state index in [1.54, 1.807) is 6.92 Å². The van der Waals surface area contributed by atoms with Crippen molar-refractivity contribution in [3.05, 3.63) is 62.4 Å². The summed E-state index contributed by atoms with van der Waals surface area (Å²) in [5, 5.41) is 20.8. The van der Waals surface area contributed by atoms with Gasteiger partial charge in [-0.15, -0.1) is 0 Å². The number of ether oxygens (including phenoxy) is 1. The molecule has 154 valence electrons. The van der Waals surface area contributed by atoms with Gasteiger partial charge in [0.2, 0.25) is 11.7 Å². The zero-order valence-electron chi connectivity index (χ0n) is 16.5. The molecule has 0 bridgehead atoms. The fraction of sp³-hybridized carbons (Fsp3) is 0.318. The first-order chi connectivity index (χ1) is 14.3. The number of aryl methyl sites for hydroxylation is 1. The van der Waals surface area contributed by atoms with Gasteiger partial charge in [-0.25, -0.2) is 4.39 Å². The van der Waals surface area contributed by atoms with Gasteiger partial charge in [0.1, 0.15) is 23.0 Å². The highest BCUT2D eigenvalue weighted by Gasteiger charge is 2.30. The molecule has 2 aromatic heterocycles. The van der Waals surface area contributed by atoms with Gasteiger partial charge in [-0.05, 0) is 50.5 Å². The first-order valence-corrected chi connectivity index (χ1v) is 9.55. The van der Waals surface area contributed by atoms with Gasteiger partial charge in [0, 0.05) is 17.6 Å². The number of ketones is 1. The van der Waals surface area contributed by atoms with Crippen molar-refractivity contribution in [2.45, 2.75) is 39.3 Å². The Bertz CT molecular complexity index is 1280. The van der Waals surface area contributed by atoms with E-state index in [0.717, 1.165) is 11.0 Å². The molecule has 30 heavy (non-hydrogen) atoms. The van der Waals surface area contributed by atoms with Crippen LogP contribution in [0.4, 0.5) is 4.39 Å². The number of carbonyl (C=O) groups is 1. The highest BCUT2D eigenvalue weighted by atomic mass is 19.1. The van der Waals surface area contributed by atoms with Crippen molar-refractivity contribution in [1.29, 1.82) is 5.26 Å². The average molecular weight is 410 g/mol. The third-order valence-corrected chi connectivity index (χ3v) is 5.54. The molecule has 0 amide bonds. The van der Waals surface area contributed by atoms with E-state index in [4.69, 9.17) is 9.15 Å². The molecule has 4 rings (SSSR count). The molecule has 1 N–H and O–H groups in total. The normalized spacial score (nSPS) is 16.1. The Morgan fingerprint density at radius 1 is 1.37 bits per heavy atom. The summed E-state index contributed by atoms with van der Waals surface area (Å²) in [6, 6.07) is 5.73. The van der Waals surface area contributed by atoms with Crippen molar-refractivity contribution in [2.24, 2.45) is 0 Å². The second-order valence-electron chi connectivity index (χ2n) is 7.39. The summed E-state index contributed by atoms with van der Waals surface area (Å²) < 4.78 is 25.8. The van der Waals surface area contributed by atoms with Crippen LogP contribution in [-0.2, 0) is 11.3 Å². The van der Waals surface area contributed by atoms with E-state index in [2.05, 4.69) is 0 Å². The Labute approximate surface area is 170 Å². The summed E-state index contributed by atoms with van der Waals surface area (Å²) in [5.41, 5.74) is -0.297. The summed E-state index contributed by atoms with van der Waals surface area (Å²) in [7, 11) is 0. The predicted octanol–water partition coefficient (Wildman–Crippen LogP) is 3.34. The molecule has 1 aliphatic rings. The summed E-state index contributed by atoms with van der Waals surface area (Å²) in [4.78, 5) is 26.1. The topological polar surface area (TPSA) is 105 Å². The lowest BCUT2D eigenvalue weighted by Crippen LogP contribution is -2.30. The zero-order chi connectivity index (χ0) is 21.6. The number of carbonyl (C=O) groups excluding carboxylic acids is 1. The number of hydrogen-bond acceptors (Lipinski definition) is 6. The van der Waals surface area contributed by atoms with E-state index in [1.807, 2.05) is 6.07 Å². The molecule has 0 spiro atoms. The molecule has 1 unspecified atom stereocenters. The summed E-state index contributed by atoms with van der Waals surface area (Å²) in [6.45, 7) is 3.63. The van der Waals surface area contributed by atoms with Gasteiger partial charge in [-0.1, -0.05) is 0 Å². The van der Waals surface area contributed by atoms with E-state index in [-0.39, 0.29) is 35.1 Å². The highest BCUT2D eigenvalue weighted by Crippen LogP contribution is 2.32. The minimum Gasteiger partial charge on any atom is -0.494 e. The molecule has 1 fully saturated rings. The van der Waals surface area contributed by atoms with Gasteiger partial charge in [0.15, 0.2) is 5.76 Å². The van der Waals surface area contributed by atoms with Crippen LogP contribution in [0.15, 0.2) is 27.4 Å². The fourth-order valence-corrected chi connectivity index (χ4v) is 3.91. The number of furan rings is 1. The van der Waals surface area contributed by atoms with Gasteiger partial charge in [0.25, 0.3) is 5.56 Å². The second-order valence-corrected chi connectivity index (χ2v) is 7.39. The zero-order valence-corrected chi connectivity index (χ0v) is 16.5. The largest absolute Gasteiger partial charge is 0.494 e. The number of nitrogens with zero attached hydrogens (tertiary/aromatic N) is 2. The van der Waals surface area contributed by atoms with Crippen LogP contribution in [0.25, 0.3) is 11.0 Å². The van der Waals surface area contributed by atoms with Crippen molar-refractivity contribution in [2.75, 3.05) is 6.61 Å². The minimum atomic E-state index is -0.684. The molecule has 3 aromatic rings. The molecule has 1 saturated heterocycles. The number of pyridine rings is 1. The van der Waals surface area contributed by atoms with Gasteiger partial charge in [-0.3, -0.25) is 14.2 Å². The number of rotatable bonds is 4. The fourth-order valence-electron chi connectivity index (χ4n) is 3.91. The van der Waals surface area contributed by atoms with Crippen LogP contribution in [-0.4, -0.2) is 28.2 Å². The molecule has 0 radical (unpaired) electrons. The van der Waals surface area contributed by atoms with Crippen LogP contribution >= 0.6 is 0 Å². The van der Waals surface area contributed by atoms with Gasteiger partial charge < -0.3 is 14.3 Å². The summed E-state index contributed by atoms with van der Waals surface area (Å²) in [5.74, 6) is -1.78. The van der Waals surface area contributed by atoms with Gasteiger partial charge in [-0.2, -0.15) is 5.26 Å². The van der Waals surface area contributed by atoms with Crippen molar-refractivity contribution < 1.29 is 23.4 Å². The maximum atomic E-state index is 13.6. The van der Waals surface area contributed by atoms with Crippen LogP contribution < -0.4 is 5.56 Å². The first-order valence-electron chi connectivity index (χ1n) is 9.55. The Kier molecular flexibility index (Phi) is 4.92. The maximum Gasteiger partial charge on any atom is 0.271 e. The predicted molar refractivity (Wildman–Crippen MR) is 105 cm³/mol. The molecular formula is C22H19FN2O5. The van der Waals surface area contributed by atoms with Crippen molar-refractivity contribution >= 4 is 16.8 Å². The van der Waals surface area contributed by atoms with Gasteiger partial charge >= 0.3 is 0 Å². The number of hydrogen-bond donors (Lipinski definition) is 1. The van der Waals surface area contributed by atoms with Crippen LogP contribution in [0, 0.1) is 31.0 Å². The molecule has 0 aliphatic carbocycles. The molecule has 1 aliphatic heterocycles. The number of benzene rings is 1. The van der Waals surface area contributed by atoms with E-state index in [0.29, 0.717) is 29.6 Å². The molecule has 3 heterocycles. The van der Waals surface area contributed by atoms with Crippen molar-refractivity contribution in [3.8, 4) is 11.9 Å². The smallest absolute Gasteiger partial charge is 0.271 e. The molecule has 1 aromatic carbocycles. The van der Waals surface area contributed by atoms with Crippen molar-refractivity contribution in [1.82, 2.24) is 4.57 Å². The summed E-state index contributed by atoms with van der Waals surface area (Å²) in [6.07, 6.45) is 1.25. The third-order valence-electron chi connectivity index (χ3n) is 5.54. The quantitative estimate of drug-likeness (QED) is 0.662. The number of nitriles is 1. The Hall–Kier alpha value is -3.44. The lowest BCUT2D eigenvalue weighted by atomic mass is 9.98. The van der Waals surface area contributed by atoms with Crippen LogP contribution in [0.2, 0.25) is 0 Å². The highest BCUT2D eigenvalue weighted by molar-refractivity contribution is 6.12. The Morgan fingerprint density at radius 2 is 2.13 bits per heavy atom. The number of aromatic hydroxyl groups is 1. The van der Waals surface area contributed by atoms with Crippen LogP contribution in [0.1, 0.15) is 45.7 Å². The number of fused-ring (bicyclic) bond motifs is 1. The summed E-state index contributed by atoms with van der Waals surface area (Å²) >= 11 is 0. The lowest BCUT2D eigenvalue weighted by molar-refractivity contribution is 0.0926. The Balaban J connectivity index is 1.90. The monoisotopic (exact) mass is 410 g/mol. The van der Waals surface area contributed by atoms with E-state index >= 15 is 0 Å². The second kappa shape index (κ2) is 7.43. The maximum absolute atomic E-state index is 13.6.